The van der Waals surface area contributed by atoms with Crippen molar-refractivity contribution in [1.82, 2.24) is 4.90 Å². The van der Waals surface area contributed by atoms with E-state index in [-0.39, 0.29) is 5.91 Å². The summed E-state index contributed by atoms with van der Waals surface area (Å²) in [5.74, 6) is 1.34. The molecule has 0 radical (unpaired) electrons. The molecule has 3 heteroatoms. The van der Waals surface area contributed by atoms with Gasteiger partial charge < -0.3 is 9.32 Å². The average Bonchev–Trinajstić information content (AvgIpc) is 3.20. The Labute approximate surface area is 125 Å². The van der Waals surface area contributed by atoms with Crippen LogP contribution in [0.3, 0.4) is 0 Å². The number of nitrogens with zero attached hydrogens (tertiary/aromatic N) is 1. The summed E-state index contributed by atoms with van der Waals surface area (Å²) in [4.78, 5) is 14.6. The van der Waals surface area contributed by atoms with Crippen LogP contribution in [0.25, 0.3) is 0 Å². The monoisotopic (exact) mass is 283 g/mol. The number of amides is 1. The lowest BCUT2D eigenvalue weighted by atomic mass is 10.1. The fourth-order valence-corrected chi connectivity index (χ4v) is 2.58. The molecule has 110 valence electrons. The zero-order valence-electron chi connectivity index (χ0n) is 12.6. The molecule has 1 aromatic heterocycles. The zero-order valence-corrected chi connectivity index (χ0v) is 12.6. The van der Waals surface area contributed by atoms with Crippen LogP contribution in [-0.4, -0.2) is 16.8 Å². The predicted octanol–water partition coefficient (Wildman–Crippen LogP) is 3.96. The number of carbonyl (C=O) groups excluding carboxylic acids is 1. The van der Waals surface area contributed by atoms with E-state index in [2.05, 4.69) is 25.1 Å². The first-order valence-electron chi connectivity index (χ1n) is 7.62. The van der Waals surface area contributed by atoms with Gasteiger partial charge in [-0.3, -0.25) is 4.79 Å². The summed E-state index contributed by atoms with van der Waals surface area (Å²) >= 11 is 0. The third-order valence-electron chi connectivity index (χ3n) is 3.90. The standard InChI is InChI=1S/C18H21NO2/c1-3-16-9-10-17(21-16)18(20)19(15-7-8-15)12-14-6-4-5-13(2)11-14/h4-6,9-11,15H,3,7-8,12H2,1-2H3. The number of carbonyl (C=O) groups is 1. The van der Waals surface area contributed by atoms with Gasteiger partial charge in [-0.15, -0.1) is 0 Å². The highest BCUT2D eigenvalue weighted by atomic mass is 16.4. The largest absolute Gasteiger partial charge is 0.456 e. The van der Waals surface area contributed by atoms with Crippen molar-refractivity contribution in [2.24, 2.45) is 0 Å². The highest BCUT2D eigenvalue weighted by Crippen LogP contribution is 2.30. The van der Waals surface area contributed by atoms with Gasteiger partial charge in [0.15, 0.2) is 5.76 Å². The second-order valence-electron chi connectivity index (χ2n) is 5.77. The molecule has 0 spiro atoms. The molecule has 0 bridgehead atoms. The molecule has 0 aliphatic heterocycles. The second kappa shape index (κ2) is 5.76. The van der Waals surface area contributed by atoms with Gasteiger partial charge in [-0.2, -0.15) is 0 Å². The summed E-state index contributed by atoms with van der Waals surface area (Å²) in [7, 11) is 0. The Kier molecular flexibility index (Phi) is 3.82. The molecule has 1 aromatic carbocycles. The van der Waals surface area contributed by atoms with Crippen LogP contribution in [0.2, 0.25) is 0 Å². The maximum atomic E-state index is 12.7. The maximum Gasteiger partial charge on any atom is 0.290 e. The molecule has 21 heavy (non-hydrogen) atoms. The number of aryl methyl sites for hydroxylation is 2. The van der Waals surface area contributed by atoms with Gasteiger partial charge in [-0.1, -0.05) is 36.8 Å². The van der Waals surface area contributed by atoms with Gasteiger partial charge >= 0.3 is 0 Å². The van der Waals surface area contributed by atoms with Crippen molar-refractivity contribution in [3.8, 4) is 0 Å². The first-order valence-corrected chi connectivity index (χ1v) is 7.62. The van der Waals surface area contributed by atoms with E-state index in [1.807, 2.05) is 24.0 Å². The molecule has 0 N–H and O–H groups in total. The van der Waals surface area contributed by atoms with Crippen molar-refractivity contribution >= 4 is 5.91 Å². The summed E-state index contributed by atoms with van der Waals surface area (Å²) in [6, 6.07) is 12.4. The molecular weight excluding hydrogens is 262 g/mol. The van der Waals surface area contributed by atoms with Crippen molar-refractivity contribution in [3.05, 3.63) is 59.0 Å². The quantitative estimate of drug-likeness (QED) is 0.832. The topological polar surface area (TPSA) is 33.5 Å². The first-order chi connectivity index (χ1) is 10.2. The van der Waals surface area contributed by atoms with Crippen LogP contribution in [0.15, 0.2) is 40.8 Å². The van der Waals surface area contributed by atoms with E-state index in [9.17, 15) is 4.79 Å². The molecule has 1 aliphatic carbocycles. The zero-order chi connectivity index (χ0) is 14.8. The highest BCUT2D eigenvalue weighted by molar-refractivity contribution is 5.92. The lowest BCUT2D eigenvalue weighted by molar-refractivity contribution is 0.0695. The van der Waals surface area contributed by atoms with Gasteiger partial charge in [0.05, 0.1) is 0 Å². The smallest absolute Gasteiger partial charge is 0.290 e. The van der Waals surface area contributed by atoms with Gasteiger partial charge in [0.25, 0.3) is 5.91 Å². The van der Waals surface area contributed by atoms with Crippen LogP contribution in [0.1, 0.15) is 47.2 Å². The van der Waals surface area contributed by atoms with E-state index in [1.54, 1.807) is 6.07 Å². The minimum Gasteiger partial charge on any atom is -0.456 e. The Hall–Kier alpha value is -2.03. The molecule has 1 heterocycles. The molecule has 0 saturated heterocycles. The Balaban J connectivity index is 1.79. The van der Waals surface area contributed by atoms with E-state index in [4.69, 9.17) is 4.42 Å². The van der Waals surface area contributed by atoms with E-state index in [0.29, 0.717) is 18.3 Å². The third kappa shape index (κ3) is 3.18. The summed E-state index contributed by atoms with van der Waals surface area (Å²) in [6.45, 7) is 4.76. The number of hydrogen-bond donors (Lipinski definition) is 0. The van der Waals surface area contributed by atoms with Crippen molar-refractivity contribution in [3.63, 3.8) is 0 Å². The number of furan rings is 1. The van der Waals surface area contributed by atoms with E-state index >= 15 is 0 Å². The van der Waals surface area contributed by atoms with E-state index in [1.165, 1.54) is 11.1 Å². The predicted molar refractivity (Wildman–Crippen MR) is 82.2 cm³/mol. The number of hydrogen-bond acceptors (Lipinski definition) is 2. The lowest BCUT2D eigenvalue weighted by Crippen LogP contribution is -2.32. The Morgan fingerprint density at radius 1 is 1.29 bits per heavy atom. The van der Waals surface area contributed by atoms with E-state index in [0.717, 1.165) is 25.0 Å². The van der Waals surface area contributed by atoms with Gasteiger partial charge in [0, 0.05) is 19.0 Å². The molecular formula is C18H21NO2. The number of benzene rings is 1. The summed E-state index contributed by atoms with van der Waals surface area (Å²) in [5.41, 5.74) is 2.40. The SMILES string of the molecule is CCc1ccc(C(=O)N(Cc2cccc(C)c2)C2CC2)o1. The van der Waals surface area contributed by atoms with E-state index < -0.39 is 0 Å². The Morgan fingerprint density at radius 2 is 2.10 bits per heavy atom. The Morgan fingerprint density at radius 3 is 2.71 bits per heavy atom. The van der Waals surface area contributed by atoms with Crippen molar-refractivity contribution in [1.29, 1.82) is 0 Å². The summed E-state index contributed by atoms with van der Waals surface area (Å²) < 4.78 is 5.62. The maximum absolute atomic E-state index is 12.7. The van der Waals surface area contributed by atoms with Crippen LogP contribution in [0.5, 0.6) is 0 Å². The highest BCUT2D eigenvalue weighted by Gasteiger charge is 2.34. The molecule has 0 atom stereocenters. The van der Waals surface area contributed by atoms with Crippen molar-refractivity contribution in [2.45, 2.75) is 45.7 Å². The minimum atomic E-state index is 0.0127. The molecule has 1 amide bonds. The average molecular weight is 283 g/mol. The first kappa shape index (κ1) is 13.9. The third-order valence-corrected chi connectivity index (χ3v) is 3.90. The summed E-state index contributed by atoms with van der Waals surface area (Å²) in [6.07, 6.45) is 3.01. The lowest BCUT2D eigenvalue weighted by Gasteiger charge is -2.21. The summed E-state index contributed by atoms with van der Waals surface area (Å²) in [5, 5.41) is 0. The fourth-order valence-electron chi connectivity index (χ4n) is 2.58. The Bertz CT molecular complexity index is 640. The normalized spacial score (nSPS) is 14.2. The fraction of sp³-hybridized carbons (Fsp3) is 0.389. The minimum absolute atomic E-state index is 0.0127. The number of rotatable bonds is 5. The van der Waals surface area contributed by atoms with Crippen molar-refractivity contribution in [2.75, 3.05) is 0 Å². The van der Waals surface area contributed by atoms with Gasteiger partial charge in [-0.05, 0) is 37.5 Å². The molecule has 1 aliphatic rings. The van der Waals surface area contributed by atoms with Gasteiger partial charge in [-0.25, -0.2) is 0 Å². The van der Waals surface area contributed by atoms with Crippen LogP contribution < -0.4 is 0 Å². The van der Waals surface area contributed by atoms with Crippen LogP contribution in [0.4, 0.5) is 0 Å². The van der Waals surface area contributed by atoms with Crippen LogP contribution in [-0.2, 0) is 13.0 Å². The molecule has 1 saturated carbocycles. The molecule has 2 aromatic rings. The van der Waals surface area contributed by atoms with Crippen molar-refractivity contribution < 1.29 is 9.21 Å². The molecule has 0 unspecified atom stereocenters. The second-order valence-corrected chi connectivity index (χ2v) is 5.77. The van der Waals surface area contributed by atoms with Gasteiger partial charge in [0.2, 0.25) is 0 Å². The molecule has 3 rings (SSSR count). The van der Waals surface area contributed by atoms with Crippen LogP contribution >= 0.6 is 0 Å². The molecule has 3 nitrogen and oxygen atoms in total. The van der Waals surface area contributed by atoms with Gasteiger partial charge in [0.1, 0.15) is 5.76 Å². The van der Waals surface area contributed by atoms with Crippen LogP contribution in [0, 0.1) is 6.92 Å². The molecule has 1 fully saturated rings.